The Morgan fingerprint density at radius 2 is 2.07 bits per heavy atom. The van der Waals surface area contributed by atoms with Gasteiger partial charge < -0.3 is 4.74 Å². The molecule has 0 aromatic heterocycles. The van der Waals surface area contributed by atoms with Crippen LogP contribution in [0.15, 0.2) is 16.6 Å². The predicted molar refractivity (Wildman–Crippen MR) is 64.2 cm³/mol. The van der Waals surface area contributed by atoms with E-state index in [0.29, 0.717) is 12.5 Å². The molecule has 0 aliphatic rings. The van der Waals surface area contributed by atoms with E-state index in [0.717, 1.165) is 20.8 Å². The third-order valence-corrected chi connectivity index (χ3v) is 2.89. The van der Waals surface area contributed by atoms with Gasteiger partial charge in [-0.15, -0.1) is 0 Å². The first kappa shape index (κ1) is 11.9. The molecule has 0 saturated heterocycles. The van der Waals surface area contributed by atoms with Crippen LogP contribution in [0, 0.1) is 12.8 Å². The predicted octanol–water partition coefficient (Wildman–Crippen LogP) is 4.45. The van der Waals surface area contributed by atoms with Gasteiger partial charge in [-0.1, -0.05) is 25.4 Å². The SMILES string of the molecule is Cc1c(Cl)ccc(Br)c1OCC(C)C. The average Bonchev–Trinajstić information content (AvgIpc) is 2.11. The van der Waals surface area contributed by atoms with Crippen LogP contribution in [0.4, 0.5) is 0 Å². The molecule has 3 heteroatoms. The summed E-state index contributed by atoms with van der Waals surface area (Å²) in [6.45, 7) is 6.91. The first-order chi connectivity index (χ1) is 6.52. The van der Waals surface area contributed by atoms with Gasteiger partial charge in [0.05, 0.1) is 11.1 Å². The van der Waals surface area contributed by atoms with Gasteiger partial charge in [-0.2, -0.15) is 0 Å². The molecule has 0 amide bonds. The average molecular weight is 278 g/mol. The molecule has 1 aromatic carbocycles. The summed E-state index contributed by atoms with van der Waals surface area (Å²) in [4.78, 5) is 0. The van der Waals surface area contributed by atoms with E-state index in [2.05, 4.69) is 29.8 Å². The number of hydrogen-bond acceptors (Lipinski definition) is 1. The molecule has 0 fully saturated rings. The van der Waals surface area contributed by atoms with Crippen molar-refractivity contribution in [2.24, 2.45) is 5.92 Å². The van der Waals surface area contributed by atoms with Gasteiger partial charge in [0.15, 0.2) is 0 Å². The number of halogens is 2. The number of benzene rings is 1. The lowest BCUT2D eigenvalue weighted by Crippen LogP contribution is -2.06. The van der Waals surface area contributed by atoms with E-state index in [-0.39, 0.29) is 0 Å². The molecule has 78 valence electrons. The van der Waals surface area contributed by atoms with Crippen LogP contribution in [0.25, 0.3) is 0 Å². The molecule has 0 radical (unpaired) electrons. The van der Waals surface area contributed by atoms with Gasteiger partial charge in [-0.25, -0.2) is 0 Å². The summed E-state index contributed by atoms with van der Waals surface area (Å²) in [6.07, 6.45) is 0. The summed E-state index contributed by atoms with van der Waals surface area (Å²) in [5, 5.41) is 0.743. The monoisotopic (exact) mass is 276 g/mol. The Labute approximate surface area is 98.5 Å². The van der Waals surface area contributed by atoms with Crippen molar-refractivity contribution in [1.82, 2.24) is 0 Å². The first-order valence-corrected chi connectivity index (χ1v) is 5.77. The van der Waals surface area contributed by atoms with E-state index in [1.165, 1.54) is 0 Å². The quantitative estimate of drug-likeness (QED) is 0.793. The standard InChI is InChI=1S/C11H14BrClO/c1-7(2)6-14-11-8(3)10(13)5-4-9(11)12/h4-5,7H,6H2,1-3H3. The third kappa shape index (κ3) is 2.89. The summed E-state index contributed by atoms with van der Waals surface area (Å²) in [7, 11) is 0. The van der Waals surface area contributed by atoms with E-state index in [4.69, 9.17) is 16.3 Å². The topological polar surface area (TPSA) is 9.23 Å². The summed E-state index contributed by atoms with van der Waals surface area (Å²) < 4.78 is 6.64. The Balaban J connectivity index is 2.89. The lowest BCUT2D eigenvalue weighted by molar-refractivity contribution is 0.268. The molecule has 0 unspecified atom stereocenters. The van der Waals surface area contributed by atoms with Crippen molar-refractivity contribution < 1.29 is 4.74 Å². The van der Waals surface area contributed by atoms with Gasteiger partial charge in [0.1, 0.15) is 5.75 Å². The van der Waals surface area contributed by atoms with Crippen molar-refractivity contribution >= 4 is 27.5 Å². The molecule has 0 spiro atoms. The van der Waals surface area contributed by atoms with Crippen LogP contribution in [0.5, 0.6) is 5.75 Å². The highest BCUT2D eigenvalue weighted by Gasteiger charge is 2.08. The maximum absolute atomic E-state index is 6.00. The third-order valence-electron chi connectivity index (χ3n) is 1.85. The zero-order valence-corrected chi connectivity index (χ0v) is 10.9. The number of hydrogen-bond donors (Lipinski definition) is 0. The zero-order valence-electron chi connectivity index (χ0n) is 8.60. The minimum Gasteiger partial charge on any atom is -0.492 e. The summed E-state index contributed by atoms with van der Waals surface area (Å²) in [5.41, 5.74) is 0.988. The maximum atomic E-state index is 6.00. The van der Waals surface area contributed by atoms with E-state index >= 15 is 0 Å². The molecule has 1 nitrogen and oxygen atoms in total. The van der Waals surface area contributed by atoms with Crippen molar-refractivity contribution in [1.29, 1.82) is 0 Å². The molecule has 0 heterocycles. The molecular weight excluding hydrogens is 263 g/mol. The molecule has 0 atom stereocenters. The fraction of sp³-hybridized carbons (Fsp3) is 0.455. The second kappa shape index (κ2) is 5.04. The molecule has 1 aromatic rings. The van der Waals surface area contributed by atoms with Crippen LogP contribution in [0.3, 0.4) is 0 Å². The second-order valence-corrected chi connectivity index (χ2v) is 4.95. The second-order valence-electron chi connectivity index (χ2n) is 3.69. The maximum Gasteiger partial charge on any atom is 0.137 e. The van der Waals surface area contributed by atoms with Gasteiger partial charge in [0.25, 0.3) is 0 Å². The minimum atomic E-state index is 0.514. The van der Waals surface area contributed by atoms with Gasteiger partial charge >= 0.3 is 0 Å². The zero-order chi connectivity index (χ0) is 10.7. The smallest absolute Gasteiger partial charge is 0.137 e. The van der Waals surface area contributed by atoms with Crippen molar-refractivity contribution in [2.45, 2.75) is 20.8 Å². The molecule has 0 aliphatic heterocycles. The fourth-order valence-electron chi connectivity index (χ4n) is 1.06. The number of rotatable bonds is 3. The summed E-state index contributed by atoms with van der Waals surface area (Å²) in [5.74, 6) is 1.37. The Morgan fingerprint density at radius 1 is 1.43 bits per heavy atom. The Hall–Kier alpha value is -0.210. The van der Waals surface area contributed by atoms with Crippen molar-refractivity contribution in [3.63, 3.8) is 0 Å². The summed E-state index contributed by atoms with van der Waals surface area (Å²) in [6, 6.07) is 3.77. The van der Waals surface area contributed by atoms with Crippen LogP contribution >= 0.6 is 27.5 Å². The molecule has 0 bridgehead atoms. The lowest BCUT2D eigenvalue weighted by atomic mass is 10.2. The largest absolute Gasteiger partial charge is 0.492 e. The number of ether oxygens (including phenoxy) is 1. The molecule has 14 heavy (non-hydrogen) atoms. The van der Waals surface area contributed by atoms with Crippen molar-refractivity contribution in [3.05, 3.63) is 27.2 Å². The normalized spacial score (nSPS) is 10.7. The highest BCUT2D eigenvalue weighted by Crippen LogP contribution is 2.33. The van der Waals surface area contributed by atoms with Crippen LogP contribution in [-0.4, -0.2) is 6.61 Å². The van der Waals surface area contributed by atoms with Gasteiger partial charge in [0.2, 0.25) is 0 Å². The molecule has 0 aliphatic carbocycles. The van der Waals surface area contributed by atoms with Gasteiger partial charge in [0, 0.05) is 10.6 Å². The highest BCUT2D eigenvalue weighted by molar-refractivity contribution is 9.10. The van der Waals surface area contributed by atoms with E-state index in [1.807, 2.05) is 19.1 Å². The van der Waals surface area contributed by atoms with Gasteiger partial charge in [-0.3, -0.25) is 0 Å². The van der Waals surface area contributed by atoms with Crippen molar-refractivity contribution in [3.8, 4) is 5.75 Å². The van der Waals surface area contributed by atoms with E-state index < -0.39 is 0 Å². The van der Waals surface area contributed by atoms with Gasteiger partial charge in [-0.05, 0) is 40.9 Å². The Bertz CT molecular complexity index is 323. The van der Waals surface area contributed by atoms with Crippen LogP contribution in [0.1, 0.15) is 19.4 Å². The fourth-order valence-corrected chi connectivity index (χ4v) is 1.75. The Morgan fingerprint density at radius 3 is 2.64 bits per heavy atom. The highest BCUT2D eigenvalue weighted by atomic mass is 79.9. The van der Waals surface area contributed by atoms with E-state index in [1.54, 1.807) is 0 Å². The van der Waals surface area contributed by atoms with Crippen molar-refractivity contribution in [2.75, 3.05) is 6.61 Å². The Kier molecular flexibility index (Phi) is 4.27. The molecular formula is C11H14BrClO. The molecule has 1 rings (SSSR count). The van der Waals surface area contributed by atoms with E-state index in [9.17, 15) is 0 Å². The summed E-state index contributed by atoms with van der Waals surface area (Å²) >= 11 is 9.45. The minimum absolute atomic E-state index is 0.514. The van der Waals surface area contributed by atoms with Crippen LogP contribution in [-0.2, 0) is 0 Å². The van der Waals surface area contributed by atoms with Crippen LogP contribution in [0.2, 0.25) is 5.02 Å². The van der Waals surface area contributed by atoms with Crippen LogP contribution < -0.4 is 4.74 Å². The lowest BCUT2D eigenvalue weighted by Gasteiger charge is -2.13. The molecule has 0 N–H and O–H groups in total. The molecule has 0 saturated carbocycles. The first-order valence-electron chi connectivity index (χ1n) is 4.59.